The van der Waals surface area contributed by atoms with Crippen LogP contribution < -0.4 is 5.32 Å². The van der Waals surface area contributed by atoms with Gasteiger partial charge in [0.25, 0.3) is 0 Å². The maximum absolute atomic E-state index is 12.1. The number of aromatic nitrogens is 1. The lowest BCUT2D eigenvalue weighted by Crippen LogP contribution is -2.38. The van der Waals surface area contributed by atoms with Crippen LogP contribution in [0.1, 0.15) is 63.6 Å². The predicted octanol–water partition coefficient (Wildman–Crippen LogP) is 3.30. The minimum Gasteiger partial charge on any atom is -0.353 e. The first-order valence-corrected chi connectivity index (χ1v) is 8.61. The summed E-state index contributed by atoms with van der Waals surface area (Å²) in [5.74, 6) is 0.189. The van der Waals surface area contributed by atoms with Crippen LogP contribution in [0.3, 0.4) is 0 Å². The van der Waals surface area contributed by atoms with Crippen molar-refractivity contribution >= 4 is 5.91 Å². The minimum atomic E-state index is 0.189. The minimum absolute atomic E-state index is 0.189. The summed E-state index contributed by atoms with van der Waals surface area (Å²) in [6.45, 7) is 2.94. The Labute approximate surface area is 134 Å². The molecule has 1 aliphatic carbocycles. The molecule has 1 N–H and O–H groups in total. The summed E-state index contributed by atoms with van der Waals surface area (Å²) in [6.07, 6.45) is 9.51. The molecule has 0 bridgehead atoms. The van der Waals surface area contributed by atoms with Gasteiger partial charge < -0.3 is 5.32 Å². The molecule has 0 radical (unpaired) electrons. The lowest BCUT2D eigenvalue weighted by molar-refractivity contribution is -0.122. The van der Waals surface area contributed by atoms with Crippen molar-refractivity contribution in [1.82, 2.24) is 15.2 Å². The van der Waals surface area contributed by atoms with E-state index in [-0.39, 0.29) is 11.9 Å². The quantitative estimate of drug-likeness (QED) is 0.840. The van der Waals surface area contributed by atoms with Gasteiger partial charge in [0.2, 0.25) is 5.91 Å². The Balaban J connectivity index is 1.78. The fourth-order valence-corrected chi connectivity index (χ4v) is 3.30. The Morgan fingerprint density at radius 1 is 1.36 bits per heavy atom. The van der Waals surface area contributed by atoms with Gasteiger partial charge in [0, 0.05) is 25.2 Å². The molecular weight excluding hydrogens is 274 g/mol. The SMILES string of the molecule is CC[C@H](c1ccccn1)N(C)CCC(=O)NC1CCCCC1. The van der Waals surface area contributed by atoms with Gasteiger partial charge in [-0.2, -0.15) is 0 Å². The van der Waals surface area contributed by atoms with Crippen LogP contribution in [0.4, 0.5) is 0 Å². The van der Waals surface area contributed by atoms with Crippen LogP contribution in [0.2, 0.25) is 0 Å². The first-order valence-electron chi connectivity index (χ1n) is 8.61. The molecule has 0 unspecified atom stereocenters. The fourth-order valence-electron chi connectivity index (χ4n) is 3.30. The van der Waals surface area contributed by atoms with Crippen LogP contribution >= 0.6 is 0 Å². The molecule has 122 valence electrons. The molecule has 4 nitrogen and oxygen atoms in total. The molecule has 0 saturated heterocycles. The smallest absolute Gasteiger partial charge is 0.221 e. The average molecular weight is 303 g/mol. The van der Waals surface area contributed by atoms with Gasteiger partial charge >= 0.3 is 0 Å². The Kier molecular flexibility index (Phi) is 6.84. The second-order valence-electron chi connectivity index (χ2n) is 6.31. The molecule has 4 heteroatoms. The van der Waals surface area contributed by atoms with E-state index in [1.165, 1.54) is 19.3 Å². The summed E-state index contributed by atoms with van der Waals surface area (Å²) in [4.78, 5) is 18.8. The molecular formula is C18H29N3O. The number of hydrogen-bond acceptors (Lipinski definition) is 3. The Morgan fingerprint density at radius 3 is 2.77 bits per heavy atom. The standard InChI is InChI=1S/C18H29N3O/c1-3-17(16-11-7-8-13-19-16)21(2)14-12-18(22)20-15-9-5-4-6-10-15/h7-8,11,13,15,17H,3-6,9-10,12,14H2,1-2H3,(H,20,22)/t17-/m1/s1. The van der Waals surface area contributed by atoms with Gasteiger partial charge in [-0.3, -0.25) is 14.7 Å². The molecule has 2 rings (SSSR count). The van der Waals surface area contributed by atoms with Crippen molar-refractivity contribution in [2.24, 2.45) is 0 Å². The van der Waals surface area contributed by atoms with E-state index in [0.29, 0.717) is 12.5 Å². The summed E-state index contributed by atoms with van der Waals surface area (Å²) in [5.41, 5.74) is 1.08. The van der Waals surface area contributed by atoms with E-state index < -0.39 is 0 Å². The largest absolute Gasteiger partial charge is 0.353 e. The van der Waals surface area contributed by atoms with Crippen molar-refractivity contribution in [2.45, 2.75) is 64.0 Å². The Bertz CT molecular complexity index is 443. The molecule has 1 atom stereocenters. The molecule has 1 saturated carbocycles. The third kappa shape index (κ3) is 5.09. The molecule has 1 heterocycles. The fraction of sp³-hybridized carbons (Fsp3) is 0.667. The van der Waals surface area contributed by atoms with E-state index in [9.17, 15) is 4.79 Å². The Morgan fingerprint density at radius 2 is 2.14 bits per heavy atom. The molecule has 0 aromatic carbocycles. The van der Waals surface area contributed by atoms with E-state index >= 15 is 0 Å². The van der Waals surface area contributed by atoms with E-state index in [1.54, 1.807) is 0 Å². The number of pyridine rings is 1. The monoisotopic (exact) mass is 303 g/mol. The van der Waals surface area contributed by atoms with Crippen molar-refractivity contribution in [3.8, 4) is 0 Å². The van der Waals surface area contributed by atoms with Crippen molar-refractivity contribution < 1.29 is 4.79 Å². The second kappa shape index (κ2) is 8.89. The van der Waals surface area contributed by atoms with E-state index in [0.717, 1.165) is 31.5 Å². The lowest BCUT2D eigenvalue weighted by atomic mass is 9.95. The topological polar surface area (TPSA) is 45.2 Å². The molecule has 0 spiro atoms. The number of carbonyl (C=O) groups excluding carboxylic acids is 1. The number of nitrogens with zero attached hydrogens (tertiary/aromatic N) is 2. The van der Waals surface area contributed by atoms with Crippen molar-refractivity contribution in [3.05, 3.63) is 30.1 Å². The maximum Gasteiger partial charge on any atom is 0.221 e. The zero-order chi connectivity index (χ0) is 15.8. The maximum atomic E-state index is 12.1. The van der Waals surface area contributed by atoms with Gasteiger partial charge in [-0.1, -0.05) is 32.3 Å². The van der Waals surface area contributed by atoms with Gasteiger partial charge in [-0.25, -0.2) is 0 Å². The Hall–Kier alpha value is -1.42. The summed E-state index contributed by atoms with van der Waals surface area (Å²) >= 11 is 0. The normalized spacial score (nSPS) is 17.4. The first-order chi connectivity index (χ1) is 10.7. The summed E-state index contributed by atoms with van der Waals surface area (Å²) in [5, 5.41) is 3.19. The highest BCUT2D eigenvalue weighted by atomic mass is 16.1. The third-order valence-electron chi connectivity index (χ3n) is 4.61. The van der Waals surface area contributed by atoms with E-state index in [2.05, 4.69) is 35.2 Å². The predicted molar refractivity (Wildman–Crippen MR) is 89.5 cm³/mol. The van der Waals surface area contributed by atoms with Gasteiger partial charge in [-0.15, -0.1) is 0 Å². The zero-order valence-corrected chi connectivity index (χ0v) is 13.9. The summed E-state index contributed by atoms with van der Waals surface area (Å²) in [7, 11) is 2.08. The molecule has 1 aliphatic rings. The van der Waals surface area contributed by atoms with Crippen molar-refractivity contribution in [3.63, 3.8) is 0 Å². The third-order valence-corrected chi connectivity index (χ3v) is 4.61. The van der Waals surface area contributed by atoms with Crippen LogP contribution in [0, 0.1) is 0 Å². The molecule has 1 aromatic rings. The van der Waals surface area contributed by atoms with E-state index in [1.807, 2.05) is 18.3 Å². The van der Waals surface area contributed by atoms with Crippen molar-refractivity contribution in [1.29, 1.82) is 0 Å². The van der Waals surface area contributed by atoms with Gasteiger partial charge in [-0.05, 0) is 38.4 Å². The molecule has 22 heavy (non-hydrogen) atoms. The van der Waals surface area contributed by atoms with Gasteiger partial charge in [0.15, 0.2) is 0 Å². The number of amides is 1. The van der Waals surface area contributed by atoms with Crippen LogP contribution in [-0.4, -0.2) is 35.4 Å². The molecule has 1 aromatic heterocycles. The van der Waals surface area contributed by atoms with Crippen LogP contribution in [0.15, 0.2) is 24.4 Å². The van der Waals surface area contributed by atoms with Crippen LogP contribution in [-0.2, 0) is 4.79 Å². The number of hydrogen-bond donors (Lipinski definition) is 1. The molecule has 0 aliphatic heterocycles. The lowest BCUT2D eigenvalue weighted by Gasteiger charge is -2.27. The average Bonchev–Trinajstić information content (AvgIpc) is 2.55. The summed E-state index contributed by atoms with van der Waals surface area (Å²) in [6, 6.07) is 6.71. The summed E-state index contributed by atoms with van der Waals surface area (Å²) < 4.78 is 0. The van der Waals surface area contributed by atoms with Gasteiger partial charge in [0.1, 0.15) is 0 Å². The zero-order valence-electron chi connectivity index (χ0n) is 13.9. The van der Waals surface area contributed by atoms with Crippen LogP contribution in [0.25, 0.3) is 0 Å². The second-order valence-corrected chi connectivity index (χ2v) is 6.31. The van der Waals surface area contributed by atoms with E-state index in [4.69, 9.17) is 0 Å². The van der Waals surface area contributed by atoms with Gasteiger partial charge in [0.05, 0.1) is 11.7 Å². The first kappa shape index (κ1) is 16.9. The number of nitrogens with one attached hydrogen (secondary N) is 1. The molecule has 1 fully saturated rings. The number of carbonyl (C=O) groups is 1. The van der Waals surface area contributed by atoms with Crippen LogP contribution in [0.5, 0.6) is 0 Å². The van der Waals surface area contributed by atoms with Crippen molar-refractivity contribution in [2.75, 3.05) is 13.6 Å². The number of rotatable bonds is 7. The molecule has 1 amide bonds. The highest BCUT2D eigenvalue weighted by Gasteiger charge is 2.19. The highest BCUT2D eigenvalue weighted by molar-refractivity contribution is 5.76. The highest BCUT2D eigenvalue weighted by Crippen LogP contribution is 2.21.